The number of halogens is 1. The van der Waals surface area contributed by atoms with Crippen LogP contribution >= 0.6 is 11.6 Å². The van der Waals surface area contributed by atoms with Crippen molar-refractivity contribution < 1.29 is 14.4 Å². The van der Waals surface area contributed by atoms with Crippen LogP contribution in [-0.2, 0) is 6.54 Å². The van der Waals surface area contributed by atoms with E-state index in [1.54, 1.807) is 77.5 Å². The largest absolute Gasteiger partial charge is 0.299 e. The topological polar surface area (TPSA) is 72.3 Å². The number of rotatable bonds is 5. The molecule has 0 saturated heterocycles. The molecule has 2 amide bonds. The van der Waals surface area contributed by atoms with E-state index in [0.29, 0.717) is 38.8 Å². The number of nitrogens with zero attached hydrogens (tertiary/aromatic N) is 3. The first-order chi connectivity index (χ1) is 16.0. The number of imidazole rings is 1. The van der Waals surface area contributed by atoms with Crippen molar-refractivity contribution in [2.45, 2.75) is 13.5 Å². The normalized spacial score (nSPS) is 12.8. The molecule has 1 aliphatic heterocycles. The molecule has 7 heteroatoms. The first-order valence-corrected chi connectivity index (χ1v) is 10.7. The van der Waals surface area contributed by atoms with Crippen LogP contribution in [0.2, 0.25) is 5.02 Å². The van der Waals surface area contributed by atoms with Gasteiger partial charge in [-0.1, -0.05) is 54.1 Å². The average molecular weight is 456 g/mol. The van der Waals surface area contributed by atoms with E-state index in [4.69, 9.17) is 11.6 Å². The molecule has 0 unspecified atom stereocenters. The summed E-state index contributed by atoms with van der Waals surface area (Å²) >= 11 is 6.24. The highest BCUT2D eigenvalue weighted by Crippen LogP contribution is 2.28. The summed E-state index contributed by atoms with van der Waals surface area (Å²) in [7, 11) is 0. The minimum absolute atomic E-state index is 0.0260. The van der Waals surface area contributed by atoms with Gasteiger partial charge in [0, 0.05) is 28.0 Å². The molecule has 33 heavy (non-hydrogen) atoms. The van der Waals surface area contributed by atoms with Crippen LogP contribution in [0.5, 0.6) is 0 Å². The second kappa shape index (κ2) is 8.15. The minimum atomic E-state index is -0.362. The zero-order valence-corrected chi connectivity index (χ0v) is 18.4. The maximum Gasteiger partial charge on any atom is 0.261 e. The van der Waals surface area contributed by atoms with Crippen molar-refractivity contribution in [2.75, 3.05) is 0 Å². The Morgan fingerprint density at radius 2 is 1.55 bits per heavy atom. The van der Waals surface area contributed by atoms with Crippen LogP contribution in [0.15, 0.2) is 79.0 Å². The van der Waals surface area contributed by atoms with E-state index in [9.17, 15) is 14.4 Å². The Morgan fingerprint density at radius 1 is 0.909 bits per heavy atom. The Labute approximate surface area is 195 Å². The third-order valence-corrected chi connectivity index (χ3v) is 5.90. The molecule has 0 N–H and O–H groups in total. The Kier molecular flexibility index (Phi) is 5.15. The van der Waals surface area contributed by atoms with Gasteiger partial charge in [-0.2, -0.15) is 0 Å². The zero-order chi connectivity index (χ0) is 23.1. The van der Waals surface area contributed by atoms with Gasteiger partial charge in [-0.3, -0.25) is 23.9 Å². The summed E-state index contributed by atoms with van der Waals surface area (Å²) in [4.78, 5) is 44.7. The summed E-state index contributed by atoms with van der Waals surface area (Å²) in [6, 6.07) is 20.7. The van der Waals surface area contributed by atoms with Crippen molar-refractivity contribution in [2.24, 2.45) is 0 Å². The summed E-state index contributed by atoms with van der Waals surface area (Å²) < 4.78 is 1.79. The van der Waals surface area contributed by atoms with Crippen LogP contribution in [0.25, 0.3) is 5.69 Å². The zero-order valence-electron chi connectivity index (χ0n) is 17.7. The van der Waals surface area contributed by atoms with E-state index in [-0.39, 0.29) is 24.1 Å². The molecule has 0 bridgehead atoms. The summed E-state index contributed by atoms with van der Waals surface area (Å²) in [5, 5.41) is 0.428. The highest BCUT2D eigenvalue weighted by molar-refractivity contribution is 6.31. The van der Waals surface area contributed by atoms with E-state index < -0.39 is 0 Å². The van der Waals surface area contributed by atoms with Gasteiger partial charge < -0.3 is 0 Å². The van der Waals surface area contributed by atoms with Gasteiger partial charge in [-0.25, -0.2) is 4.98 Å². The molecule has 0 radical (unpaired) electrons. The van der Waals surface area contributed by atoms with Crippen molar-refractivity contribution in [1.29, 1.82) is 0 Å². The molecule has 6 nitrogen and oxygen atoms in total. The average Bonchev–Trinajstić information content (AvgIpc) is 3.32. The number of aromatic nitrogens is 2. The minimum Gasteiger partial charge on any atom is -0.299 e. The molecule has 0 fully saturated rings. The lowest BCUT2D eigenvalue weighted by Crippen LogP contribution is -2.30. The maximum absolute atomic E-state index is 13.3. The second-order valence-electron chi connectivity index (χ2n) is 7.75. The lowest BCUT2D eigenvalue weighted by atomic mass is 10.0. The van der Waals surface area contributed by atoms with Gasteiger partial charge in [0.15, 0.2) is 5.78 Å². The van der Waals surface area contributed by atoms with Crippen molar-refractivity contribution in [3.8, 4) is 5.69 Å². The fourth-order valence-electron chi connectivity index (χ4n) is 4.08. The predicted octanol–water partition coefficient (Wildman–Crippen LogP) is 4.86. The SMILES string of the molecule is Cc1cnc(CN2C(=O)c3ccccc3C2=O)n1-c1ccc(Cl)cc1C(=O)c1ccccc1. The number of aryl methyl sites for hydroxylation is 1. The molecule has 1 aromatic heterocycles. The number of hydrogen-bond donors (Lipinski definition) is 0. The predicted molar refractivity (Wildman–Crippen MR) is 124 cm³/mol. The van der Waals surface area contributed by atoms with Gasteiger partial charge in [0.1, 0.15) is 5.82 Å². The quantitative estimate of drug-likeness (QED) is 0.318. The molecule has 0 saturated carbocycles. The summed E-state index contributed by atoms with van der Waals surface area (Å²) in [6.45, 7) is 1.83. The first-order valence-electron chi connectivity index (χ1n) is 10.3. The lowest BCUT2D eigenvalue weighted by Gasteiger charge is -2.18. The van der Waals surface area contributed by atoms with Crippen LogP contribution in [0.4, 0.5) is 0 Å². The third kappa shape index (κ3) is 3.54. The lowest BCUT2D eigenvalue weighted by molar-refractivity contribution is 0.0637. The van der Waals surface area contributed by atoms with Gasteiger partial charge in [0.05, 0.1) is 23.4 Å². The molecule has 0 aliphatic carbocycles. The van der Waals surface area contributed by atoms with E-state index in [1.807, 2.05) is 13.0 Å². The molecule has 5 rings (SSSR count). The van der Waals surface area contributed by atoms with Crippen molar-refractivity contribution in [3.63, 3.8) is 0 Å². The van der Waals surface area contributed by atoms with Gasteiger partial charge in [-0.15, -0.1) is 0 Å². The van der Waals surface area contributed by atoms with Gasteiger partial charge >= 0.3 is 0 Å². The number of fused-ring (bicyclic) bond motifs is 1. The number of hydrogen-bond acceptors (Lipinski definition) is 4. The first kappa shape index (κ1) is 20.8. The smallest absolute Gasteiger partial charge is 0.261 e. The van der Waals surface area contributed by atoms with Gasteiger partial charge in [0.25, 0.3) is 11.8 Å². The molecule has 0 atom stereocenters. The van der Waals surface area contributed by atoms with Crippen LogP contribution in [0, 0.1) is 6.92 Å². The molecule has 2 heterocycles. The van der Waals surface area contributed by atoms with Crippen LogP contribution in [0.3, 0.4) is 0 Å². The van der Waals surface area contributed by atoms with E-state index in [1.165, 1.54) is 4.90 Å². The number of imide groups is 1. The van der Waals surface area contributed by atoms with Gasteiger partial charge in [0.2, 0.25) is 0 Å². The number of carbonyl (C=O) groups is 3. The second-order valence-corrected chi connectivity index (χ2v) is 8.19. The monoisotopic (exact) mass is 455 g/mol. The molecule has 4 aromatic rings. The van der Waals surface area contributed by atoms with Crippen LogP contribution in [0.1, 0.15) is 48.2 Å². The Hall–Kier alpha value is -4.03. The fourth-order valence-corrected chi connectivity index (χ4v) is 4.25. The number of benzene rings is 3. The Morgan fingerprint density at radius 3 is 2.21 bits per heavy atom. The highest BCUT2D eigenvalue weighted by Gasteiger charge is 2.36. The molecule has 0 spiro atoms. The molecular weight excluding hydrogens is 438 g/mol. The molecule has 1 aliphatic rings. The standard InChI is InChI=1S/C26H18ClN3O3/c1-16-14-28-23(15-29-25(32)19-9-5-6-10-20(19)26(29)33)30(16)22-12-11-18(27)13-21(22)24(31)17-7-3-2-4-8-17/h2-14H,15H2,1H3. The Balaban J connectivity index is 1.57. The van der Waals surface area contributed by atoms with Gasteiger partial charge in [-0.05, 0) is 37.3 Å². The summed E-state index contributed by atoms with van der Waals surface area (Å²) in [5.41, 5.74) is 3.02. The number of amides is 2. The van der Waals surface area contributed by atoms with Crippen LogP contribution in [-0.4, -0.2) is 32.0 Å². The van der Waals surface area contributed by atoms with E-state index in [2.05, 4.69) is 4.98 Å². The molecular formula is C26H18ClN3O3. The maximum atomic E-state index is 13.3. The number of carbonyl (C=O) groups excluding carboxylic acids is 3. The number of ketones is 1. The summed E-state index contributed by atoms with van der Waals surface area (Å²) in [5.74, 6) is -0.446. The Bertz CT molecular complexity index is 1390. The van der Waals surface area contributed by atoms with E-state index >= 15 is 0 Å². The summed E-state index contributed by atoms with van der Waals surface area (Å²) in [6.07, 6.45) is 1.65. The highest BCUT2D eigenvalue weighted by atomic mass is 35.5. The van der Waals surface area contributed by atoms with Crippen LogP contribution < -0.4 is 0 Å². The van der Waals surface area contributed by atoms with E-state index in [0.717, 1.165) is 5.69 Å². The molecule has 3 aromatic carbocycles. The third-order valence-electron chi connectivity index (χ3n) is 5.67. The molecule has 162 valence electrons. The van der Waals surface area contributed by atoms with Crippen molar-refractivity contribution >= 4 is 29.2 Å². The van der Waals surface area contributed by atoms with Crippen molar-refractivity contribution in [3.05, 3.63) is 118 Å². The fraction of sp³-hybridized carbons (Fsp3) is 0.0769. The van der Waals surface area contributed by atoms with Crippen molar-refractivity contribution in [1.82, 2.24) is 14.5 Å².